The molecule has 2 N–H and O–H groups in total. The number of hydrogen-bond donors (Lipinski definition) is 2. The van der Waals surface area contributed by atoms with E-state index in [1.54, 1.807) is 59.5 Å². The number of sulfone groups is 1. The standard InChI is InChI=1S/C31H37N3O6S2/c1-19-7-10-22(17-20(19)2)33-42(38,39)24-13-14-27-26(18-24)29-25(15-16-34(29)30(35)40-31(3,4)5)28(32-27)21-8-11-23(12-9-21)41(6,36)37/h7-14,17-18,25,28-29,32-33H,15-16H2,1-6H3/t25-,28?,29?/m0/s1. The zero-order chi connectivity index (χ0) is 30.6. The van der Waals surface area contributed by atoms with Gasteiger partial charge in [-0.15, -0.1) is 0 Å². The minimum atomic E-state index is -3.93. The first kappa shape index (κ1) is 29.9. The van der Waals surface area contributed by atoms with Crippen LogP contribution in [0.1, 0.15) is 61.5 Å². The number of amides is 1. The Hall–Kier alpha value is -3.57. The van der Waals surface area contributed by atoms with E-state index in [-0.39, 0.29) is 21.8 Å². The lowest BCUT2D eigenvalue weighted by Gasteiger charge is -2.40. The van der Waals surface area contributed by atoms with Gasteiger partial charge in [-0.1, -0.05) is 18.2 Å². The van der Waals surface area contributed by atoms with E-state index in [9.17, 15) is 21.6 Å². The average Bonchev–Trinajstić information content (AvgIpc) is 3.34. The molecule has 224 valence electrons. The van der Waals surface area contributed by atoms with Gasteiger partial charge in [0.2, 0.25) is 0 Å². The summed E-state index contributed by atoms with van der Waals surface area (Å²) >= 11 is 0. The summed E-state index contributed by atoms with van der Waals surface area (Å²) < 4.78 is 59.5. The molecule has 9 nitrogen and oxygen atoms in total. The Labute approximate surface area is 248 Å². The van der Waals surface area contributed by atoms with Crippen LogP contribution >= 0.6 is 0 Å². The predicted molar refractivity (Wildman–Crippen MR) is 163 cm³/mol. The summed E-state index contributed by atoms with van der Waals surface area (Å²) in [4.78, 5) is 15.4. The molecule has 0 aromatic heterocycles. The second-order valence-corrected chi connectivity index (χ2v) is 15.9. The van der Waals surface area contributed by atoms with E-state index in [0.29, 0.717) is 29.9 Å². The third-order valence-corrected chi connectivity index (χ3v) is 10.4. The van der Waals surface area contributed by atoms with E-state index in [0.717, 1.165) is 16.7 Å². The lowest BCUT2D eigenvalue weighted by atomic mass is 9.80. The molecule has 0 saturated carbocycles. The highest BCUT2D eigenvalue weighted by Crippen LogP contribution is 2.52. The van der Waals surface area contributed by atoms with Gasteiger partial charge in [-0.25, -0.2) is 21.6 Å². The lowest BCUT2D eigenvalue weighted by molar-refractivity contribution is 0.0198. The number of nitrogens with one attached hydrogen (secondary N) is 2. The van der Waals surface area contributed by atoms with Gasteiger partial charge in [-0.3, -0.25) is 4.72 Å². The highest BCUT2D eigenvalue weighted by Gasteiger charge is 2.47. The molecule has 1 amide bonds. The normalized spacial score (nSPS) is 20.3. The van der Waals surface area contributed by atoms with E-state index < -0.39 is 37.6 Å². The molecule has 42 heavy (non-hydrogen) atoms. The van der Waals surface area contributed by atoms with Gasteiger partial charge in [-0.2, -0.15) is 0 Å². The van der Waals surface area contributed by atoms with E-state index in [1.807, 2.05) is 40.7 Å². The highest BCUT2D eigenvalue weighted by molar-refractivity contribution is 7.92. The number of aryl methyl sites for hydroxylation is 2. The maximum Gasteiger partial charge on any atom is 0.410 e. The van der Waals surface area contributed by atoms with Crippen LogP contribution in [0.4, 0.5) is 16.2 Å². The zero-order valence-electron chi connectivity index (χ0n) is 24.6. The molecule has 2 unspecified atom stereocenters. The van der Waals surface area contributed by atoms with Crippen LogP contribution in [0.3, 0.4) is 0 Å². The van der Waals surface area contributed by atoms with Crippen molar-refractivity contribution in [2.45, 2.75) is 68.5 Å². The quantitative estimate of drug-likeness (QED) is 0.364. The maximum atomic E-state index is 13.5. The van der Waals surface area contributed by atoms with Crippen LogP contribution in [-0.2, 0) is 24.6 Å². The molecule has 0 bridgehead atoms. The Morgan fingerprint density at radius 3 is 2.21 bits per heavy atom. The van der Waals surface area contributed by atoms with Crippen molar-refractivity contribution in [3.63, 3.8) is 0 Å². The second kappa shape index (κ2) is 10.6. The number of fused-ring (bicyclic) bond motifs is 3. The van der Waals surface area contributed by atoms with Crippen LogP contribution in [-0.4, -0.2) is 46.2 Å². The van der Waals surface area contributed by atoms with Crippen molar-refractivity contribution in [2.75, 3.05) is 22.8 Å². The largest absolute Gasteiger partial charge is 0.444 e. The van der Waals surface area contributed by atoms with Crippen LogP contribution < -0.4 is 10.0 Å². The average molecular weight is 612 g/mol. The summed E-state index contributed by atoms with van der Waals surface area (Å²) in [6.07, 6.45) is 1.35. The van der Waals surface area contributed by atoms with Crippen molar-refractivity contribution < 1.29 is 26.4 Å². The molecule has 3 aromatic carbocycles. The summed E-state index contributed by atoms with van der Waals surface area (Å²) in [5.41, 5.74) is 4.08. The molecular formula is C31H37N3O6S2. The minimum Gasteiger partial charge on any atom is -0.444 e. The van der Waals surface area contributed by atoms with Crippen LogP contribution in [0.25, 0.3) is 0 Å². The fraction of sp³-hybridized carbons (Fsp3) is 0.387. The third kappa shape index (κ3) is 5.98. The second-order valence-electron chi connectivity index (χ2n) is 12.2. The van der Waals surface area contributed by atoms with E-state index in [2.05, 4.69) is 10.0 Å². The van der Waals surface area contributed by atoms with Crippen LogP contribution in [0, 0.1) is 19.8 Å². The van der Waals surface area contributed by atoms with Crippen molar-refractivity contribution in [2.24, 2.45) is 5.92 Å². The summed E-state index contributed by atoms with van der Waals surface area (Å²) in [6.45, 7) is 9.75. The number of likely N-dealkylation sites (tertiary alicyclic amines) is 1. The monoisotopic (exact) mass is 611 g/mol. The van der Waals surface area contributed by atoms with E-state index >= 15 is 0 Å². The van der Waals surface area contributed by atoms with E-state index in [1.165, 1.54) is 6.26 Å². The SMILES string of the molecule is Cc1ccc(NS(=O)(=O)c2ccc3c(c2)C2[C@@H](CCN2C(=O)OC(C)(C)C)C(c2ccc(S(C)(=O)=O)cc2)N3)cc1C. The van der Waals surface area contributed by atoms with Gasteiger partial charge >= 0.3 is 6.09 Å². The number of anilines is 2. The molecule has 1 fully saturated rings. The smallest absolute Gasteiger partial charge is 0.410 e. The van der Waals surface area contributed by atoms with Gasteiger partial charge in [-0.05, 0) is 106 Å². The molecular weight excluding hydrogens is 574 g/mol. The van der Waals surface area contributed by atoms with Gasteiger partial charge in [0.1, 0.15) is 5.60 Å². The fourth-order valence-electron chi connectivity index (χ4n) is 5.72. The van der Waals surface area contributed by atoms with Gasteiger partial charge in [0.15, 0.2) is 9.84 Å². The number of hydrogen-bond acceptors (Lipinski definition) is 7. The van der Waals surface area contributed by atoms with Gasteiger partial charge in [0, 0.05) is 30.1 Å². The Balaban J connectivity index is 1.55. The fourth-order valence-corrected chi connectivity index (χ4v) is 7.43. The van der Waals surface area contributed by atoms with Crippen LogP contribution in [0.5, 0.6) is 0 Å². The predicted octanol–water partition coefficient (Wildman–Crippen LogP) is 5.97. The highest BCUT2D eigenvalue weighted by atomic mass is 32.2. The first-order valence-electron chi connectivity index (χ1n) is 13.8. The number of benzene rings is 3. The Morgan fingerprint density at radius 2 is 1.60 bits per heavy atom. The summed E-state index contributed by atoms with van der Waals surface area (Å²) in [7, 11) is -7.28. The number of sulfonamides is 1. The molecule has 3 aromatic rings. The number of rotatable bonds is 5. The first-order valence-corrected chi connectivity index (χ1v) is 17.2. The van der Waals surface area contributed by atoms with Crippen molar-refractivity contribution in [1.29, 1.82) is 0 Å². The molecule has 1 saturated heterocycles. The Morgan fingerprint density at radius 1 is 0.929 bits per heavy atom. The molecule has 0 spiro atoms. The Bertz CT molecular complexity index is 1750. The minimum absolute atomic E-state index is 0.0898. The van der Waals surface area contributed by atoms with Crippen LogP contribution in [0.15, 0.2) is 70.5 Å². The number of carbonyl (C=O) groups is 1. The number of carbonyl (C=O) groups excluding carboxylic acids is 1. The number of nitrogens with zero attached hydrogens (tertiary/aromatic N) is 1. The van der Waals surface area contributed by atoms with Crippen LogP contribution in [0.2, 0.25) is 0 Å². The number of ether oxygens (including phenoxy) is 1. The molecule has 5 rings (SSSR count). The molecule has 11 heteroatoms. The first-order chi connectivity index (χ1) is 19.5. The topological polar surface area (TPSA) is 122 Å². The molecule has 2 aliphatic rings. The molecule has 0 radical (unpaired) electrons. The van der Waals surface area contributed by atoms with Crippen molar-refractivity contribution in [3.05, 3.63) is 82.9 Å². The van der Waals surface area contributed by atoms with Gasteiger partial charge in [0.25, 0.3) is 10.0 Å². The molecule has 3 atom stereocenters. The van der Waals surface area contributed by atoms with E-state index in [4.69, 9.17) is 4.74 Å². The zero-order valence-corrected chi connectivity index (χ0v) is 26.3. The van der Waals surface area contributed by atoms with Crippen molar-refractivity contribution >= 4 is 37.3 Å². The van der Waals surface area contributed by atoms with Crippen molar-refractivity contribution in [3.8, 4) is 0 Å². The summed E-state index contributed by atoms with van der Waals surface area (Å²) in [5.74, 6) is -0.111. The molecule has 0 aliphatic carbocycles. The lowest BCUT2D eigenvalue weighted by Crippen LogP contribution is -2.40. The maximum absolute atomic E-state index is 13.5. The summed E-state index contributed by atoms with van der Waals surface area (Å²) in [5, 5.41) is 3.55. The summed E-state index contributed by atoms with van der Waals surface area (Å²) in [6, 6.07) is 16.4. The molecule has 2 heterocycles. The van der Waals surface area contributed by atoms with Gasteiger partial charge in [0.05, 0.1) is 21.9 Å². The van der Waals surface area contributed by atoms with Gasteiger partial charge < -0.3 is 15.0 Å². The molecule has 2 aliphatic heterocycles. The third-order valence-electron chi connectivity index (χ3n) is 7.89. The Kier molecular flexibility index (Phi) is 7.55. The van der Waals surface area contributed by atoms with Crippen molar-refractivity contribution in [1.82, 2.24) is 4.90 Å².